The van der Waals surface area contributed by atoms with Gasteiger partial charge in [0, 0.05) is 41.2 Å². The van der Waals surface area contributed by atoms with Crippen molar-refractivity contribution in [1.82, 2.24) is 9.97 Å². The Balaban J connectivity index is 1.74. The molecule has 4 N–H and O–H groups in total. The summed E-state index contributed by atoms with van der Waals surface area (Å²) in [6.45, 7) is 0. The summed E-state index contributed by atoms with van der Waals surface area (Å²) in [7, 11) is 0. The average molecular weight is 474 g/mol. The van der Waals surface area contributed by atoms with E-state index in [4.69, 9.17) is 11.0 Å². The lowest BCUT2D eigenvalue weighted by molar-refractivity contribution is -0.137. The van der Waals surface area contributed by atoms with Gasteiger partial charge in [-0.3, -0.25) is 9.78 Å². The highest BCUT2D eigenvalue weighted by molar-refractivity contribution is 6.01. The average Bonchev–Trinajstić information content (AvgIpc) is 2.84. The summed E-state index contributed by atoms with van der Waals surface area (Å²) in [6, 6.07) is 17.7. The molecule has 0 unspecified atom stereocenters. The Morgan fingerprint density at radius 2 is 1.66 bits per heavy atom. The number of carbonyl (C=O) groups is 1. The van der Waals surface area contributed by atoms with E-state index in [1.54, 1.807) is 67.0 Å². The second kappa shape index (κ2) is 9.52. The van der Waals surface area contributed by atoms with Crippen LogP contribution in [0.15, 0.2) is 79.3 Å². The third-order valence-electron chi connectivity index (χ3n) is 5.05. The first kappa shape index (κ1) is 23.3. The summed E-state index contributed by atoms with van der Waals surface area (Å²) in [4.78, 5) is 19.6. The molecule has 10 heteroatoms. The van der Waals surface area contributed by atoms with E-state index in [9.17, 15) is 18.0 Å². The molecule has 4 aromatic rings. The van der Waals surface area contributed by atoms with Gasteiger partial charge < -0.3 is 16.4 Å². The lowest BCUT2D eigenvalue weighted by Crippen LogP contribution is -2.13. The van der Waals surface area contributed by atoms with Gasteiger partial charge in [-0.05, 0) is 59.7 Å². The highest BCUT2D eigenvalue weighted by Crippen LogP contribution is 2.38. The maximum atomic E-state index is 13.6. The van der Waals surface area contributed by atoms with Gasteiger partial charge in [-0.15, -0.1) is 0 Å². The zero-order chi connectivity index (χ0) is 25.0. The van der Waals surface area contributed by atoms with E-state index in [2.05, 4.69) is 20.6 Å². The molecule has 2 aromatic carbocycles. The zero-order valence-corrected chi connectivity index (χ0v) is 18.0. The van der Waals surface area contributed by atoms with Gasteiger partial charge in [0.25, 0.3) is 0 Å². The number of aromatic nitrogens is 2. The predicted octanol–water partition coefficient (Wildman–Crippen LogP) is 5.62. The molecule has 0 fully saturated rings. The molecule has 0 saturated heterocycles. The van der Waals surface area contributed by atoms with Crippen molar-refractivity contribution in [3.63, 3.8) is 0 Å². The van der Waals surface area contributed by atoms with Crippen LogP contribution in [0.4, 0.5) is 35.9 Å². The molecule has 0 atom stereocenters. The van der Waals surface area contributed by atoms with Crippen LogP contribution in [0.1, 0.15) is 21.6 Å². The quantitative estimate of drug-likeness (QED) is 0.334. The van der Waals surface area contributed by atoms with Crippen molar-refractivity contribution in [2.45, 2.75) is 6.18 Å². The SMILES string of the molecule is N#Cc1nccc(Nc2cccc(-c3cc(Nc4ccncc4)ccc3C(N)=O)c2)c1C(F)(F)F. The molecule has 7 nitrogen and oxygen atoms in total. The first-order valence-corrected chi connectivity index (χ1v) is 10.2. The summed E-state index contributed by atoms with van der Waals surface area (Å²) in [5.41, 5.74) is 6.40. The van der Waals surface area contributed by atoms with Crippen molar-refractivity contribution in [3.05, 3.63) is 96.1 Å². The van der Waals surface area contributed by atoms with Crippen LogP contribution in [0, 0.1) is 11.3 Å². The first-order valence-electron chi connectivity index (χ1n) is 10.2. The van der Waals surface area contributed by atoms with E-state index >= 15 is 0 Å². The molecule has 0 aliphatic rings. The molecular weight excluding hydrogens is 457 g/mol. The van der Waals surface area contributed by atoms with Crippen LogP contribution in [-0.2, 0) is 6.18 Å². The molecule has 0 aliphatic carbocycles. The molecule has 35 heavy (non-hydrogen) atoms. The molecular formula is C25H17F3N6O. The third-order valence-corrected chi connectivity index (χ3v) is 5.05. The first-order chi connectivity index (χ1) is 16.8. The van der Waals surface area contributed by atoms with Crippen molar-refractivity contribution in [2.75, 3.05) is 10.6 Å². The van der Waals surface area contributed by atoms with Crippen molar-refractivity contribution in [3.8, 4) is 17.2 Å². The zero-order valence-electron chi connectivity index (χ0n) is 18.0. The van der Waals surface area contributed by atoms with Crippen molar-refractivity contribution in [1.29, 1.82) is 5.26 Å². The molecule has 4 rings (SSSR count). The number of primary amides is 1. The van der Waals surface area contributed by atoms with Crippen LogP contribution >= 0.6 is 0 Å². The largest absolute Gasteiger partial charge is 0.421 e. The third kappa shape index (κ3) is 5.20. The van der Waals surface area contributed by atoms with E-state index < -0.39 is 23.3 Å². The molecule has 0 radical (unpaired) electrons. The summed E-state index contributed by atoms with van der Waals surface area (Å²) >= 11 is 0. The second-order valence-electron chi connectivity index (χ2n) is 7.38. The monoisotopic (exact) mass is 474 g/mol. The fourth-order valence-electron chi connectivity index (χ4n) is 3.54. The van der Waals surface area contributed by atoms with Gasteiger partial charge in [0.05, 0.1) is 5.69 Å². The van der Waals surface area contributed by atoms with Crippen molar-refractivity contribution >= 4 is 28.7 Å². The van der Waals surface area contributed by atoms with Crippen LogP contribution in [-0.4, -0.2) is 15.9 Å². The van der Waals surface area contributed by atoms with Gasteiger partial charge in [-0.1, -0.05) is 12.1 Å². The fourth-order valence-corrected chi connectivity index (χ4v) is 3.54. The van der Waals surface area contributed by atoms with Gasteiger partial charge >= 0.3 is 6.18 Å². The Labute approximate surface area is 198 Å². The summed E-state index contributed by atoms with van der Waals surface area (Å²) in [5.74, 6) is -0.652. The molecule has 0 saturated carbocycles. The van der Waals surface area contributed by atoms with Crippen molar-refractivity contribution < 1.29 is 18.0 Å². The van der Waals surface area contributed by atoms with Crippen LogP contribution in [0.5, 0.6) is 0 Å². The van der Waals surface area contributed by atoms with Gasteiger partial charge in [-0.2, -0.15) is 18.4 Å². The lowest BCUT2D eigenvalue weighted by atomic mass is 9.97. The summed E-state index contributed by atoms with van der Waals surface area (Å²) in [6.07, 6.45) is -0.408. The Bertz CT molecular complexity index is 1430. The number of amides is 1. The van der Waals surface area contributed by atoms with E-state index in [1.807, 2.05) is 0 Å². The Morgan fingerprint density at radius 1 is 0.914 bits per heavy atom. The minimum absolute atomic E-state index is 0.245. The maximum Gasteiger partial charge on any atom is 0.421 e. The molecule has 0 aliphatic heterocycles. The Kier molecular flexibility index (Phi) is 6.33. The molecule has 174 valence electrons. The minimum atomic E-state index is -4.79. The van der Waals surface area contributed by atoms with E-state index in [-0.39, 0.29) is 11.3 Å². The van der Waals surface area contributed by atoms with Gasteiger partial charge in [0.1, 0.15) is 11.6 Å². The van der Waals surface area contributed by atoms with E-state index in [0.29, 0.717) is 22.5 Å². The minimum Gasteiger partial charge on any atom is -0.366 e. The van der Waals surface area contributed by atoms with Crippen LogP contribution in [0.25, 0.3) is 11.1 Å². The molecule has 0 spiro atoms. The number of rotatable bonds is 6. The smallest absolute Gasteiger partial charge is 0.366 e. The molecule has 2 heterocycles. The Morgan fingerprint density at radius 3 is 2.34 bits per heavy atom. The number of anilines is 4. The Hall–Kier alpha value is -4.91. The highest BCUT2D eigenvalue weighted by atomic mass is 19.4. The van der Waals surface area contributed by atoms with E-state index in [0.717, 1.165) is 18.0 Å². The number of pyridine rings is 2. The number of nitrogens with one attached hydrogen (secondary N) is 2. The summed E-state index contributed by atoms with van der Waals surface area (Å²) in [5, 5.41) is 15.0. The van der Waals surface area contributed by atoms with E-state index in [1.165, 1.54) is 6.07 Å². The van der Waals surface area contributed by atoms with Gasteiger partial charge in [0.15, 0.2) is 5.69 Å². The predicted molar refractivity (Wildman–Crippen MR) is 125 cm³/mol. The number of alkyl halides is 3. The standard InChI is InChI=1S/C25H17F3N6O/c26-25(27,28)23-21(8-11-32-22(23)14-29)34-17-3-1-2-15(12-17)20-13-18(4-5-19(20)24(30)35)33-16-6-9-31-10-7-16/h1-13H,(H2,30,35)(H,31,33)(H,32,34). The number of benzene rings is 2. The molecule has 1 amide bonds. The van der Waals surface area contributed by atoms with Gasteiger partial charge in [0.2, 0.25) is 5.91 Å². The second-order valence-corrected chi connectivity index (χ2v) is 7.38. The van der Waals surface area contributed by atoms with Gasteiger partial charge in [-0.25, -0.2) is 4.98 Å². The topological polar surface area (TPSA) is 117 Å². The number of nitriles is 1. The number of hydrogen-bond acceptors (Lipinski definition) is 6. The lowest BCUT2D eigenvalue weighted by Gasteiger charge is -2.16. The van der Waals surface area contributed by atoms with Crippen LogP contribution in [0.3, 0.4) is 0 Å². The normalized spacial score (nSPS) is 10.9. The number of nitrogens with zero attached hydrogens (tertiary/aromatic N) is 3. The molecule has 0 bridgehead atoms. The number of halogens is 3. The fraction of sp³-hybridized carbons (Fsp3) is 0.0400. The van der Waals surface area contributed by atoms with Crippen LogP contribution in [0.2, 0.25) is 0 Å². The number of carbonyl (C=O) groups excluding carboxylic acids is 1. The highest BCUT2D eigenvalue weighted by Gasteiger charge is 2.37. The molecule has 2 aromatic heterocycles. The number of hydrogen-bond donors (Lipinski definition) is 3. The summed E-state index contributed by atoms with van der Waals surface area (Å²) < 4.78 is 40.8. The maximum absolute atomic E-state index is 13.6. The van der Waals surface area contributed by atoms with Crippen molar-refractivity contribution in [2.24, 2.45) is 5.73 Å². The van der Waals surface area contributed by atoms with Crippen LogP contribution < -0.4 is 16.4 Å². The number of nitrogens with two attached hydrogens (primary N) is 1.